The fourth-order valence-electron chi connectivity index (χ4n) is 1.91. The van der Waals surface area contributed by atoms with Gasteiger partial charge in [0.1, 0.15) is 5.82 Å². The summed E-state index contributed by atoms with van der Waals surface area (Å²) >= 11 is 0. The Balaban J connectivity index is 2.31. The predicted molar refractivity (Wildman–Crippen MR) is 72.6 cm³/mol. The Morgan fingerprint density at radius 3 is 2.24 bits per heavy atom. The summed E-state index contributed by atoms with van der Waals surface area (Å²) in [5, 5.41) is 3.31. The summed E-state index contributed by atoms with van der Waals surface area (Å²) < 4.78 is 0. The van der Waals surface area contributed by atoms with Crippen LogP contribution in [0.15, 0.2) is 30.5 Å². The number of rotatable bonds is 2. The van der Waals surface area contributed by atoms with Gasteiger partial charge in [-0.25, -0.2) is 4.98 Å². The normalized spacial score (nSPS) is 10.3. The lowest BCUT2D eigenvalue weighted by atomic mass is 10.1. The molecule has 3 N–H and O–H groups in total. The number of aryl methyl sites for hydroxylation is 3. The molecular weight excluding hydrogens is 210 g/mol. The summed E-state index contributed by atoms with van der Waals surface area (Å²) in [6.45, 7) is 6.16. The van der Waals surface area contributed by atoms with Crippen LogP contribution < -0.4 is 11.1 Å². The van der Waals surface area contributed by atoms with Crippen molar-refractivity contribution in [3.8, 4) is 0 Å². The molecule has 0 spiro atoms. The third kappa shape index (κ3) is 2.75. The molecule has 0 saturated heterocycles. The average Bonchev–Trinajstić information content (AvgIpc) is 2.21. The molecule has 0 atom stereocenters. The van der Waals surface area contributed by atoms with E-state index in [0.29, 0.717) is 5.69 Å². The lowest BCUT2D eigenvalue weighted by Gasteiger charge is -2.10. The first-order chi connectivity index (χ1) is 8.04. The Morgan fingerprint density at radius 2 is 1.65 bits per heavy atom. The number of nitrogens with one attached hydrogen (secondary N) is 1. The van der Waals surface area contributed by atoms with E-state index in [2.05, 4.69) is 42.3 Å². The molecule has 0 radical (unpaired) electrons. The number of hydrogen-bond donors (Lipinski definition) is 2. The number of nitrogens with zero attached hydrogens (tertiary/aromatic N) is 1. The van der Waals surface area contributed by atoms with Gasteiger partial charge < -0.3 is 11.1 Å². The molecule has 2 rings (SSSR count). The van der Waals surface area contributed by atoms with Crippen molar-refractivity contribution in [2.75, 3.05) is 11.1 Å². The first-order valence-electron chi connectivity index (χ1n) is 5.62. The van der Waals surface area contributed by atoms with Crippen LogP contribution in [0, 0.1) is 20.8 Å². The van der Waals surface area contributed by atoms with E-state index in [0.717, 1.165) is 17.1 Å². The molecule has 1 aromatic carbocycles. The summed E-state index contributed by atoms with van der Waals surface area (Å²) in [6.07, 6.45) is 1.66. The predicted octanol–water partition coefficient (Wildman–Crippen LogP) is 3.33. The Labute approximate surface area is 102 Å². The van der Waals surface area contributed by atoms with Gasteiger partial charge in [0.15, 0.2) is 0 Å². The van der Waals surface area contributed by atoms with Gasteiger partial charge in [-0.3, -0.25) is 0 Å². The minimum atomic E-state index is 0.688. The van der Waals surface area contributed by atoms with Gasteiger partial charge in [-0.1, -0.05) is 6.07 Å². The zero-order chi connectivity index (χ0) is 12.4. The molecule has 0 bridgehead atoms. The molecule has 1 heterocycles. The largest absolute Gasteiger partial charge is 0.397 e. The second-order valence-corrected chi connectivity index (χ2v) is 4.44. The van der Waals surface area contributed by atoms with Crippen molar-refractivity contribution in [2.45, 2.75) is 20.8 Å². The maximum absolute atomic E-state index is 5.68. The summed E-state index contributed by atoms with van der Waals surface area (Å²) in [5.41, 5.74) is 10.9. The Morgan fingerprint density at radius 1 is 1.00 bits per heavy atom. The lowest BCUT2D eigenvalue weighted by Crippen LogP contribution is -1.98. The number of aromatic nitrogens is 1. The van der Waals surface area contributed by atoms with Crippen molar-refractivity contribution in [2.24, 2.45) is 0 Å². The second kappa shape index (κ2) is 4.45. The SMILES string of the molecule is Cc1cc(C)cc(Nc2ncc(N)cc2C)c1. The molecule has 2 aromatic rings. The molecular formula is C14H17N3. The molecule has 3 nitrogen and oxygen atoms in total. The van der Waals surface area contributed by atoms with Crippen molar-refractivity contribution in [1.82, 2.24) is 4.98 Å². The highest BCUT2D eigenvalue weighted by atomic mass is 15.0. The standard InChI is InChI=1S/C14H17N3/c1-9-4-10(2)6-13(5-9)17-14-11(3)7-12(15)8-16-14/h4-8H,15H2,1-3H3,(H,16,17). The first kappa shape index (κ1) is 11.5. The van der Waals surface area contributed by atoms with E-state index in [4.69, 9.17) is 5.73 Å². The molecule has 0 saturated carbocycles. The van der Waals surface area contributed by atoms with Gasteiger partial charge in [-0.2, -0.15) is 0 Å². The van der Waals surface area contributed by atoms with E-state index in [9.17, 15) is 0 Å². The Kier molecular flexibility index (Phi) is 3.00. The van der Waals surface area contributed by atoms with Gasteiger partial charge in [0.2, 0.25) is 0 Å². The summed E-state index contributed by atoms with van der Waals surface area (Å²) in [4.78, 5) is 4.30. The third-order valence-electron chi connectivity index (χ3n) is 2.58. The zero-order valence-corrected chi connectivity index (χ0v) is 10.4. The number of anilines is 3. The van der Waals surface area contributed by atoms with Gasteiger partial charge in [0, 0.05) is 5.69 Å². The van der Waals surface area contributed by atoms with Crippen LogP contribution in [0.2, 0.25) is 0 Å². The van der Waals surface area contributed by atoms with Crippen LogP contribution in [-0.4, -0.2) is 4.98 Å². The highest BCUT2D eigenvalue weighted by Gasteiger charge is 2.02. The molecule has 1 aromatic heterocycles. The number of pyridine rings is 1. The molecule has 17 heavy (non-hydrogen) atoms. The topological polar surface area (TPSA) is 50.9 Å². The average molecular weight is 227 g/mol. The maximum atomic E-state index is 5.68. The molecule has 0 aliphatic rings. The van der Waals surface area contributed by atoms with E-state index in [1.807, 2.05) is 13.0 Å². The third-order valence-corrected chi connectivity index (χ3v) is 2.58. The van der Waals surface area contributed by atoms with E-state index < -0.39 is 0 Å². The van der Waals surface area contributed by atoms with Crippen molar-refractivity contribution in [3.63, 3.8) is 0 Å². The first-order valence-corrected chi connectivity index (χ1v) is 5.62. The van der Waals surface area contributed by atoms with Crippen LogP contribution in [-0.2, 0) is 0 Å². The zero-order valence-electron chi connectivity index (χ0n) is 10.4. The van der Waals surface area contributed by atoms with E-state index in [1.54, 1.807) is 6.20 Å². The quantitative estimate of drug-likeness (QED) is 0.827. The molecule has 0 aliphatic heterocycles. The number of nitrogen functional groups attached to an aromatic ring is 1. The van der Waals surface area contributed by atoms with Crippen molar-refractivity contribution in [3.05, 3.63) is 47.2 Å². The van der Waals surface area contributed by atoms with Gasteiger partial charge in [-0.05, 0) is 55.7 Å². The van der Waals surface area contributed by atoms with Gasteiger partial charge in [0.05, 0.1) is 11.9 Å². The van der Waals surface area contributed by atoms with Crippen LogP contribution >= 0.6 is 0 Å². The molecule has 0 aliphatic carbocycles. The minimum absolute atomic E-state index is 0.688. The molecule has 0 fully saturated rings. The molecule has 88 valence electrons. The smallest absolute Gasteiger partial charge is 0.133 e. The van der Waals surface area contributed by atoms with Crippen LogP contribution in [0.3, 0.4) is 0 Å². The van der Waals surface area contributed by atoms with Gasteiger partial charge in [0.25, 0.3) is 0 Å². The Bertz CT molecular complexity index is 527. The number of benzene rings is 1. The number of hydrogen-bond acceptors (Lipinski definition) is 3. The summed E-state index contributed by atoms with van der Waals surface area (Å²) in [6, 6.07) is 8.27. The van der Waals surface area contributed by atoms with E-state index in [-0.39, 0.29) is 0 Å². The van der Waals surface area contributed by atoms with Crippen molar-refractivity contribution >= 4 is 17.2 Å². The van der Waals surface area contributed by atoms with Crippen molar-refractivity contribution in [1.29, 1.82) is 0 Å². The highest BCUT2D eigenvalue weighted by Crippen LogP contribution is 2.21. The second-order valence-electron chi connectivity index (χ2n) is 4.44. The minimum Gasteiger partial charge on any atom is -0.397 e. The maximum Gasteiger partial charge on any atom is 0.133 e. The van der Waals surface area contributed by atoms with Crippen LogP contribution in [0.1, 0.15) is 16.7 Å². The van der Waals surface area contributed by atoms with Gasteiger partial charge in [-0.15, -0.1) is 0 Å². The number of nitrogens with two attached hydrogens (primary N) is 1. The fourth-order valence-corrected chi connectivity index (χ4v) is 1.91. The van der Waals surface area contributed by atoms with Crippen LogP contribution in [0.25, 0.3) is 0 Å². The van der Waals surface area contributed by atoms with Gasteiger partial charge >= 0.3 is 0 Å². The monoisotopic (exact) mass is 227 g/mol. The molecule has 0 unspecified atom stereocenters. The van der Waals surface area contributed by atoms with E-state index in [1.165, 1.54) is 11.1 Å². The summed E-state index contributed by atoms with van der Waals surface area (Å²) in [5.74, 6) is 0.851. The Hall–Kier alpha value is -2.03. The lowest BCUT2D eigenvalue weighted by molar-refractivity contribution is 1.25. The fraction of sp³-hybridized carbons (Fsp3) is 0.214. The van der Waals surface area contributed by atoms with Crippen LogP contribution in [0.5, 0.6) is 0 Å². The van der Waals surface area contributed by atoms with E-state index >= 15 is 0 Å². The molecule has 3 heteroatoms. The molecule has 0 amide bonds. The highest BCUT2D eigenvalue weighted by molar-refractivity contribution is 5.62. The van der Waals surface area contributed by atoms with Crippen molar-refractivity contribution < 1.29 is 0 Å². The van der Waals surface area contributed by atoms with Crippen LogP contribution in [0.4, 0.5) is 17.2 Å². The summed E-state index contributed by atoms with van der Waals surface area (Å²) in [7, 11) is 0.